The van der Waals surface area contributed by atoms with Gasteiger partial charge in [-0.25, -0.2) is 9.80 Å². The smallest absolute Gasteiger partial charge is 0.266 e. The molecule has 0 aliphatic carbocycles. The minimum atomic E-state index is -0.349. The van der Waals surface area contributed by atoms with Crippen molar-refractivity contribution < 1.29 is 19.2 Å². The van der Waals surface area contributed by atoms with E-state index >= 15 is 0 Å². The van der Waals surface area contributed by atoms with Crippen molar-refractivity contribution in [3.05, 3.63) is 184 Å². The molecule has 0 spiro atoms. The van der Waals surface area contributed by atoms with Crippen LogP contribution in [0.3, 0.4) is 0 Å². The molecule has 0 atom stereocenters. The van der Waals surface area contributed by atoms with E-state index in [1.54, 1.807) is 18.2 Å². The summed E-state index contributed by atoms with van der Waals surface area (Å²) >= 11 is 0. The van der Waals surface area contributed by atoms with Crippen LogP contribution < -0.4 is 15.5 Å². The van der Waals surface area contributed by atoms with Crippen LogP contribution in [0.1, 0.15) is 69.2 Å². The summed E-state index contributed by atoms with van der Waals surface area (Å²) in [6.07, 6.45) is 0. The van der Waals surface area contributed by atoms with Gasteiger partial charge in [0.2, 0.25) is 0 Å². The highest BCUT2D eigenvalue weighted by molar-refractivity contribution is 6.35. The van der Waals surface area contributed by atoms with E-state index in [2.05, 4.69) is 12.1 Å². The molecule has 58 heavy (non-hydrogen) atoms. The number of amides is 4. The van der Waals surface area contributed by atoms with Gasteiger partial charge in [-0.05, 0) is 162 Å². The molecule has 0 fully saturated rings. The first-order chi connectivity index (χ1) is 27.9. The molecular formula is C51H39N3O4. The van der Waals surface area contributed by atoms with Gasteiger partial charge in [-0.3, -0.25) is 19.2 Å². The molecule has 0 unspecified atom stereocenters. The van der Waals surface area contributed by atoms with Crippen molar-refractivity contribution in [3.63, 3.8) is 0 Å². The zero-order valence-corrected chi connectivity index (χ0v) is 32.8. The lowest BCUT2D eigenvalue weighted by atomic mass is 9.95. The Labute approximate surface area is 337 Å². The third-order valence-electron chi connectivity index (χ3n) is 11.5. The first-order valence-electron chi connectivity index (χ1n) is 19.2. The zero-order valence-electron chi connectivity index (χ0n) is 32.8. The Hall–Kier alpha value is -7.38. The predicted molar refractivity (Wildman–Crippen MR) is 231 cm³/mol. The van der Waals surface area contributed by atoms with Crippen molar-refractivity contribution in [2.75, 3.05) is 15.5 Å². The standard InChI is InChI=1S/C51H39N3O4/c1-28-6-16-42(29(2)22-28)35-11-17-44-46(26-35)50(57)53(48(44)55)38-14-20-40(31(4)24-38)33-7-9-34(10-8-33)41-21-15-39(25-32(41)5)54-49(56)45-18-12-36(27-47(45)51(54)58)43-19-13-37(52)23-30(43)3/h6-27H,52H2,1-5H3. The van der Waals surface area contributed by atoms with Gasteiger partial charge < -0.3 is 5.73 Å². The molecule has 2 aliphatic rings. The lowest BCUT2D eigenvalue weighted by molar-refractivity contribution is 0.0910. The number of rotatable bonds is 6. The Morgan fingerprint density at radius 3 is 1.10 bits per heavy atom. The van der Waals surface area contributed by atoms with Crippen molar-refractivity contribution in [2.24, 2.45) is 0 Å². The summed E-state index contributed by atoms with van der Waals surface area (Å²) in [6.45, 7) is 10.0. The van der Waals surface area contributed by atoms with E-state index in [-0.39, 0.29) is 23.6 Å². The molecule has 2 heterocycles. The fourth-order valence-electron chi connectivity index (χ4n) is 8.48. The molecule has 7 nitrogen and oxygen atoms in total. The number of carbonyl (C=O) groups excluding carboxylic acids is 4. The number of fused-ring (bicyclic) bond motifs is 2. The first kappa shape index (κ1) is 36.3. The van der Waals surface area contributed by atoms with Crippen LogP contribution in [0.15, 0.2) is 133 Å². The number of imide groups is 2. The Morgan fingerprint density at radius 2 is 0.672 bits per heavy atom. The maximum Gasteiger partial charge on any atom is 0.266 e. The zero-order chi connectivity index (χ0) is 40.6. The number of nitrogens with zero attached hydrogens (tertiary/aromatic N) is 2. The molecule has 282 valence electrons. The summed E-state index contributed by atoms with van der Waals surface area (Å²) in [4.78, 5) is 57.0. The quantitative estimate of drug-likeness (QED) is 0.134. The predicted octanol–water partition coefficient (Wildman–Crippen LogP) is 11.1. The largest absolute Gasteiger partial charge is 0.399 e. The van der Waals surface area contributed by atoms with Crippen molar-refractivity contribution in [1.29, 1.82) is 0 Å². The monoisotopic (exact) mass is 757 g/mol. The van der Waals surface area contributed by atoms with Gasteiger partial charge in [0.25, 0.3) is 23.6 Å². The highest BCUT2D eigenvalue weighted by Crippen LogP contribution is 2.38. The number of anilines is 3. The van der Waals surface area contributed by atoms with Gasteiger partial charge in [-0.1, -0.05) is 78.4 Å². The van der Waals surface area contributed by atoms with Crippen LogP contribution in [-0.4, -0.2) is 23.6 Å². The average Bonchev–Trinajstić information content (AvgIpc) is 3.60. The fourth-order valence-corrected chi connectivity index (χ4v) is 8.48. The van der Waals surface area contributed by atoms with Crippen LogP contribution in [0.5, 0.6) is 0 Å². The molecular weight excluding hydrogens is 719 g/mol. The fraction of sp³-hybridized carbons (Fsp3) is 0.0980. The SMILES string of the molecule is Cc1ccc(-c2ccc3c(c2)C(=O)N(c2ccc(-c4ccc(-c5ccc(N6C(=O)c7ccc(-c8ccc(N)cc8C)cc7C6=O)cc5C)cc4)c(C)c2)C3=O)c(C)c1. The van der Waals surface area contributed by atoms with Crippen molar-refractivity contribution in [3.8, 4) is 44.5 Å². The molecule has 2 N–H and O–H groups in total. The highest BCUT2D eigenvalue weighted by atomic mass is 16.2. The van der Waals surface area contributed by atoms with Crippen LogP contribution in [0.4, 0.5) is 17.1 Å². The Morgan fingerprint density at radius 1 is 0.328 bits per heavy atom. The van der Waals surface area contributed by atoms with Crippen molar-refractivity contribution >= 4 is 40.7 Å². The topological polar surface area (TPSA) is 101 Å². The maximum atomic E-state index is 13.7. The molecule has 4 amide bonds. The molecule has 0 saturated heterocycles. The number of hydrogen-bond acceptors (Lipinski definition) is 5. The van der Waals surface area contributed by atoms with Gasteiger partial charge in [0.15, 0.2) is 0 Å². The molecule has 7 aromatic carbocycles. The van der Waals surface area contributed by atoms with E-state index in [9.17, 15) is 19.2 Å². The first-order valence-corrected chi connectivity index (χ1v) is 19.2. The summed E-state index contributed by atoms with van der Waals surface area (Å²) in [6, 6.07) is 42.2. The number of hydrogen-bond donors (Lipinski definition) is 1. The van der Waals surface area contributed by atoms with E-state index in [0.29, 0.717) is 39.3 Å². The summed E-state index contributed by atoms with van der Waals surface area (Å²) in [5, 5.41) is 0. The molecule has 0 radical (unpaired) electrons. The van der Waals surface area contributed by atoms with Crippen LogP contribution in [-0.2, 0) is 0 Å². The van der Waals surface area contributed by atoms with Gasteiger partial charge in [0.05, 0.1) is 33.6 Å². The third kappa shape index (κ3) is 5.91. The maximum absolute atomic E-state index is 13.7. The van der Waals surface area contributed by atoms with Gasteiger partial charge >= 0.3 is 0 Å². The number of nitrogens with two attached hydrogens (primary N) is 1. The average molecular weight is 758 g/mol. The minimum Gasteiger partial charge on any atom is -0.399 e. The molecule has 0 saturated carbocycles. The van der Waals surface area contributed by atoms with E-state index in [1.807, 2.05) is 138 Å². The Balaban J connectivity index is 0.929. The molecule has 2 aliphatic heterocycles. The lowest BCUT2D eigenvalue weighted by Crippen LogP contribution is -2.29. The molecule has 9 rings (SSSR count). The normalized spacial score (nSPS) is 13.4. The van der Waals surface area contributed by atoms with E-state index in [0.717, 1.165) is 66.8 Å². The molecule has 7 heteroatoms. The third-order valence-corrected chi connectivity index (χ3v) is 11.5. The summed E-state index contributed by atoms with van der Waals surface area (Å²) < 4.78 is 0. The molecule has 0 aromatic heterocycles. The second-order valence-electron chi connectivity index (χ2n) is 15.4. The lowest BCUT2D eigenvalue weighted by Gasteiger charge is -2.17. The van der Waals surface area contributed by atoms with Gasteiger partial charge in [-0.15, -0.1) is 0 Å². The minimum absolute atomic E-state index is 0.327. The van der Waals surface area contributed by atoms with Crippen LogP contribution in [0.2, 0.25) is 0 Å². The molecule has 0 bridgehead atoms. The van der Waals surface area contributed by atoms with Gasteiger partial charge in [0, 0.05) is 5.69 Å². The number of carbonyl (C=O) groups is 4. The van der Waals surface area contributed by atoms with Crippen molar-refractivity contribution in [2.45, 2.75) is 34.6 Å². The van der Waals surface area contributed by atoms with Crippen LogP contribution >= 0.6 is 0 Å². The van der Waals surface area contributed by atoms with Gasteiger partial charge in [0.1, 0.15) is 0 Å². The molecule has 7 aromatic rings. The second kappa shape index (κ2) is 13.7. The second-order valence-corrected chi connectivity index (χ2v) is 15.4. The van der Waals surface area contributed by atoms with E-state index in [1.165, 1.54) is 15.4 Å². The summed E-state index contributed by atoms with van der Waals surface area (Å²) in [5.41, 5.74) is 22.0. The summed E-state index contributed by atoms with van der Waals surface area (Å²) in [5.74, 6) is -1.35. The number of aryl methyl sites for hydroxylation is 5. The summed E-state index contributed by atoms with van der Waals surface area (Å²) in [7, 11) is 0. The van der Waals surface area contributed by atoms with Gasteiger partial charge in [-0.2, -0.15) is 0 Å². The van der Waals surface area contributed by atoms with Crippen LogP contribution in [0, 0.1) is 34.6 Å². The number of benzene rings is 7. The Kier molecular flexibility index (Phi) is 8.55. The Bertz CT molecular complexity index is 2740. The van der Waals surface area contributed by atoms with E-state index in [4.69, 9.17) is 5.73 Å². The van der Waals surface area contributed by atoms with E-state index < -0.39 is 0 Å². The highest BCUT2D eigenvalue weighted by Gasteiger charge is 2.38. The van der Waals surface area contributed by atoms with Crippen LogP contribution in [0.25, 0.3) is 44.5 Å². The number of nitrogen functional groups attached to an aromatic ring is 1. The van der Waals surface area contributed by atoms with Crippen molar-refractivity contribution in [1.82, 2.24) is 0 Å².